The van der Waals surface area contributed by atoms with E-state index in [9.17, 15) is 35.4 Å². The molecule has 1 heterocycles. The molecule has 1 saturated heterocycles. The molecule has 10 nitrogen and oxygen atoms in total. The molecule has 0 saturated carbocycles. The van der Waals surface area contributed by atoms with Crippen molar-refractivity contribution >= 4 is 5.91 Å². The van der Waals surface area contributed by atoms with Gasteiger partial charge in [0.2, 0.25) is 5.91 Å². The Labute approximate surface area is 335 Å². The number of aliphatic hydroxyl groups excluding tert-OH is 6. The second-order valence-electron chi connectivity index (χ2n) is 16.2. The molecule has 7 N–H and O–H groups in total. The molecule has 0 bridgehead atoms. The van der Waals surface area contributed by atoms with Crippen molar-refractivity contribution in [3.63, 3.8) is 0 Å². The lowest BCUT2D eigenvalue weighted by molar-refractivity contribution is -0.302. The Bertz CT molecular complexity index is 947. The standard InChI is InChI=1S/C45H85NO9/c1-4-6-7-8-9-10-11-13-18-21-24-27-30-33-39(49)44(53)46-37(35-54-45-43(52)42(51)41(50)40(34-47)55-45)38(48)32-29-26-23-20-17-15-12-14-16-19-22-25-28-31-36(3)5-2/h15,17,29,32,36-43,45,47-52H,4-14,16,18-28,30-31,33-35H2,1-3H3,(H,46,53)/b17-15-,32-29+/t36?,37-,38+,39+,40+,41+,42-,43+,45+/m0/s1. The fourth-order valence-electron chi connectivity index (χ4n) is 7.02. The fourth-order valence-corrected chi connectivity index (χ4v) is 7.02. The quantitative estimate of drug-likeness (QED) is 0.0246. The highest BCUT2D eigenvalue weighted by Crippen LogP contribution is 2.23. The molecule has 0 spiro atoms. The summed E-state index contributed by atoms with van der Waals surface area (Å²) in [6.07, 6.45) is 28.3. The molecule has 1 aliphatic rings. The molecule has 0 aromatic heterocycles. The average molecular weight is 784 g/mol. The van der Waals surface area contributed by atoms with Crippen molar-refractivity contribution in [3.8, 4) is 0 Å². The normalized spacial score (nSPS) is 22.7. The maximum atomic E-state index is 13.0. The van der Waals surface area contributed by atoms with Crippen LogP contribution in [-0.4, -0.2) is 98.7 Å². The third-order valence-corrected chi connectivity index (χ3v) is 11.2. The van der Waals surface area contributed by atoms with E-state index >= 15 is 0 Å². The van der Waals surface area contributed by atoms with Gasteiger partial charge in [-0.1, -0.05) is 173 Å². The Morgan fingerprint density at radius 2 is 1.18 bits per heavy atom. The predicted molar refractivity (Wildman–Crippen MR) is 222 cm³/mol. The average Bonchev–Trinajstić information content (AvgIpc) is 3.18. The Morgan fingerprint density at radius 1 is 0.673 bits per heavy atom. The molecule has 1 unspecified atom stereocenters. The number of aliphatic hydroxyl groups is 6. The highest BCUT2D eigenvalue weighted by atomic mass is 16.7. The maximum Gasteiger partial charge on any atom is 0.249 e. The van der Waals surface area contributed by atoms with Gasteiger partial charge in [-0.2, -0.15) is 0 Å². The van der Waals surface area contributed by atoms with E-state index in [1.807, 2.05) is 6.08 Å². The van der Waals surface area contributed by atoms with Crippen LogP contribution in [0.1, 0.15) is 188 Å². The summed E-state index contributed by atoms with van der Waals surface area (Å²) in [5.74, 6) is 0.229. The fraction of sp³-hybridized carbons (Fsp3) is 0.889. The van der Waals surface area contributed by atoms with Crippen LogP contribution >= 0.6 is 0 Å². The zero-order valence-electron chi connectivity index (χ0n) is 35.2. The van der Waals surface area contributed by atoms with Crippen LogP contribution in [0.3, 0.4) is 0 Å². The smallest absolute Gasteiger partial charge is 0.249 e. The number of unbranched alkanes of at least 4 members (excludes halogenated alkanes) is 20. The number of carbonyl (C=O) groups excluding carboxylic acids is 1. The molecule has 324 valence electrons. The Hall–Kier alpha value is -1.37. The molecule has 55 heavy (non-hydrogen) atoms. The van der Waals surface area contributed by atoms with E-state index in [-0.39, 0.29) is 6.61 Å². The summed E-state index contributed by atoms with van der Waals surface area (Å²) in [7, 11) is 0. The lowest BCUT2D eigenvalue weighted by Gasteiger charge is -2.40. The van der Waals surface area contributed by atoms with E-state index in [0.29, 0.717) is 12.8 Å². The van der Waals surface area contributed by atoms with Crippen molar-refractivity contribution in [2.75, 3.05) is 13.2 Å². The van der Waals surface area contributed by atoms with Gasteiger partial charge in [-0.25, -0.2) is 0 Å². The Balaban J connectivity index is 2.47. The van der Waals surface area contributed by atoms with Crippen LogP contribution in [0.4, 0.5) is 0 Å². The lowest BCUT2D eigenvalue weighted by Crippen LogP contribution is -2.60. The minimum absolute atomic E-state index is 0.307. The van der Waals surface area contributed by atoms with E-state index < -0.39 is 61.5 Å². The maximum absolute atomic E-state index is 13.0. The van der Waals surface area contributed by atoms with Gasteiger partial charge in [0.1, 0.15) is 30.5 Å². The number of hydrogen-bond donors (Lipinski definition) is 7. The van der Waals surface area contributed by atoms with Crippen molar-refractivity contribution in [2.45, 2.75) is 237 Å². The van der Waals surface area contributed by atoms with Crippen molar-refractivity contribution in [3.05, 3.63) is 24.3 Å². The number of allylic oxidation sites excluding steroid dienone is 3. The summed E-state index contributed by atoms with van der Waals surface area (Å²) in [5, 5.41) is 64.6. The molecular formula is C45H85NO9. The van der Waals surface area contributed by atoms with Crippen LogP contribution in [0.5, 0.6) is 0 Å². The van der Waals surface area contributed by atoms with Crippen LogP contribution in [-0.2, 0) is 14.3 Å². The van der Waals surface area contributed by atoms with Crippen molar-refractivity contribution in [1.29, 1.82) is 0 Å². The van der Waals surface area contributed by atoms with E-state index in [0.717, 1.165) is 50.9 Å². The summed E-state index contributed by atoms with van der Waals surface area (Å²) >= 11 is 0. The van der Waals surface area contributed by atoms with Gasteiger partial charge in [0.05, 0.1) is 25.4 Å². The molecule has 1 fully saturated rings. The van der Waals surface area contributed by atoms with Crippen molar-refractivity contribution in [1.82, 2.24) is 5.32 Å². The first kappa shape index (κ1) is 51.6. The topological polar surface area (TPSA) is 169 Å². The van der Waals surface area contributed by atoms with Gasteiger partial charge < -0.3 is 45.4 Å². The van der Waals surface area contributed by atoms with Gasteiger partial charge in [-0.05, 0) is 44.4 Å². The highest BCUT2D eigenvalue weighted by molar-refractivity contribution is 5.80. The third kappa shape index (κ3) is 25.6. The second kappa shape index (κ2) is 34.7. The zero-order valence-corrected chi connectivity index (χ0v) is 35.2. The van der Waals surface area contributed by atoms with E-state index in [4.69, 9.17) is 9.47 Å². The summed E-state index contributed by atoms with van der Waals surface area (Å²) < 4.78 is 11.1. The number of hydrogen-bond acceptors (Lipinski definition) is 9. The summed E-state index contributed by atoms with van der Waals surface area (Å²) in [6, 6.07) is -0.989. The molecule has 9 atom stereocenters. The van der Waals surface area contributed by atoms with Gasteiger partial charge in [0.25, 0.3) is 0 Å². The van der Waals surface area contributed by atoms with Crippen LogP contribution in [0.15, 0.2) is 24.3 Å². The van der Waals surface area contributed by atoms with E-state index in [1.54, 1.807) is 6.08 Å². The van der Waals surface area contributed by atoms with Gasteiger partial charge in [-0.3, -0.25) is 4.79 Å². The first-order valence-electron chi connectivity index (χ1n) is 22.6. The SMILES string of the molecule is CCCCCCCCCCCCCCC[C@@H](O)C(=O)N[C@@H](CO[C@@H]1O[C@H](CO)[C@@H](O)[C@H](O)[C@H]1O)[C@H](O)/C=C/CCC/C=C\CCCCCCCCC(C)CC. The number of amides is 1. The summed E-state index contributed by atoms with van der Waals surface area (Å²) in [6.45, 7) is 5.94. The Kier molecular flexibility index (Phi) is 32.5. The molecule has 1 aliphatic heterocycles. The van der Waals surface area contributed by atoms with Crippen LogP contribution in [0.2, 0.25) is 0 Å². The number of carbonyl (C=O) groups is 1. The molecule has 0 aromatic rings. The van der Waals surface area contributed by atoms with Crippen molar-refractivity contribution < 1.29 is 44.9 Å². The Morgan fingerprint density at radius 3 is 1.75 bits per heavy atom. The van der Waals surface area contributed by atoms with Crippen molar-refractivity contribution in [2.24, 2.45) is 5.92 Å². The van der Waals surface area contributed by atoms with Gasteiger partial charge >= 0.3 is 0 Å². The monoisotopic (exact) mass is 784 g/mol. The van der Waals surface area contributed by atoms with Crippen LogP contribution in [0.25, 0.3) is 0 Å². The molecule has 10 heteroatoms. The molecular weight excluding hydrogens is 698 g/mol. The first-order chi connectivity index (χ1) is 26.7. The van der Waals surface area contributed by atoms with Gasteiger partial charge in [0.15, 0.2) is 6.29 Å². The third-order valence-electron chi connectivity index (χ3n) is 11.2. The number of ether oxygens (including phenoxy) is 2. The minimum Gasteiger partial charge on any atom is -0.394 e. The molecule has 0 radical (unpaired) electrons. The lowest BCUT2D eigenvalue weighted by atomic mass is 9.99. The molecule has 1 amide bonds. The predicted octanol–water partition coefficient (Wildman–Crippen LogP) is 7.94. The molecule has 0 aromatic carbocycles. The van der Waals surface area contributed by atoms with Gasteiger partial charge in [-0.15, -0.1) is 0 Å². The first-order valence-corrected chi connectivity index (χ1v) is 22.6. The highest BCUT2D eigenvalue weighted by Gasteiger charge is 2.44. The van der Waals surface area contributed by atoms with Crippen LogP contribution < -0.4 is 5.32 Å². The van der Waals surface area contributed by atoms with Gasteiger partial charge in [0, 0.05) is 0 Å². The van der Waals surface area contributed by atoms with E-state index in [2.05, 4.69) is 38.2 Å². The summed E-state index contributed by atoms with van der Waals surface area (Å²) in [5.41, 5.74) is 0. The molecule has 0 aliphatic carbocycles. The van der Waals surface area contributed by atoms with E-state index in [1.165, 1.54) is 109 Å². The minimum atomic E-state index is -1.61. The number of nitrogens with one attached hydrogen (secondary N) is 1. The number of rotatable bonds is 36. The summed E-state index contributed by atoms with van der Waals surface area (Å²) in [4.78, 5) is 13.0. The van der Waals surface area contributed by atoms with Crippen LogP contribution in [0, 0.1) is 5.92 Å². The molecule has 1 rings (SSSR count). The largest absolute Gasteiger partial charge is 0.394 e. The second-order valence-corrected chi connectivity index (χ2v) is 16.2. The zero-order chi connectivity index (χ0) is 40.5.